The molecule has 16 heavy (non-hydrogen) atoms. The van der Waals surface area contributed by atoms with Crippen molar-refractivity contribution in [1.29, 1.82) is 5.53 Å². The first-order chi connectivity index (χ1) is 7.20. The Hall–Kier alpha value is -1.68. The van der Waals surface area contributed by atoms with Crippen LogP contribution in [0.1, 0.15) is 27.7 Å². The van der Waals surface area contributed by atoms with Gasteiger partial charge in [-0.05, 0) is 20.8 Å². The molecular weight excluding hydrogens is 210 g/mol. The van der Waals surface area contributed by atoms with Crippen LogP contribution in [-0.4, -0.2) is 45.0 Å². The number of nitrogens with zero attached hydrogens (tertiary/aromatic N) is 2. The van der Waals surface area contributed by atoms with Gasteiger partial charge < -0.3 is 10.0 Å². The number of amides is 1. The average Bonchev–Trinajstić information content (AvgIpc) is 2.11. The number of Topliss-reactive ketones (excluding diaryl/α,β-unsaturated/α-hetero) is 1. The van der Waals surface area contributed by atoms with Gasteiger partial charge in [0, 0.05) is 18.0 Å². The fourth-order valence-corrected chi connectivity index (χ4v) is 1.19. The molecule has 0 fully saturated rings. The van der Waals surface area contributed by atoms with Crippen LogP contribution in [0.3, 0.4) is 0 Å². The van der Waals surface area contributed by atoms with Crippen molar-refractivity contribution in [3.63, 3.8) is 0 Å². The van der Waals surface area contributed by atoms with Crippen LogP contribution in [0.2, 0.25) is 0 Å². The molecule has 0 saturated heterocycles. The number of carbonyl (C=O) groups is 2. The molecule has 0 bridgehead atoms. The van der Waals surface area contributed by atoms with Crippen LogP contribution in [0.5, 0.6) is 0 Å². The molecule has 0 spiro atoms. The summed E-state index contributed by atoms with van der Waals surface area (Å²) in [4.78, 5) is 26.4. The molecule has 1 amide bonds. The van der Waals surface area contributed by atoms with Crippen molar-refractivity contribution in [1.82, 2.24) is 4.90 Å². The van der Waals surface area contributed by atoms with Crippen LogP contribution < -0.4 is 0 Å². The lowest BCUT2D eigenvalue weighted by Gasteiger charge is -2.34. The van der Waals surface area contributed by atoms with Crippen molar-refractivity contribution in [3.05, 3.63) is 0 Å². The second kappa shape index (κ2) is 5.42. The van der Waals surface area contributed by atoms with E-state index in [4.69, 9.17) is 10.6 Å². The second-order valence-electron chi connectivity index (χ2n) is 4.63. The fourth-order valence-electron chi connectivity index (χ4n) is 1.19. The van der Waals surface area contributed by atoms with Gasteiger partial charge in [0.15, 0.2) is 0 Å². The lowest BCUT2D eigenvalue weighted by Crippen LogP contribution is -2.48. The molecule has 0 aliphatic carbocycles. The van der Waals surface area contributed by atoms with Crippen molar-refractivity contribution in [2.45, 2.75) is 33.2 Å². The number of nitrogens with one attached hydrogen (secondary N) is 1. The van der Waals surface area contributed by atoms with Crippen molar-refractivity contribution in [2.75, 3.05) is 6.54 Å². The monoisotopic (exact) mass is 228 g/mol. The van der Waals surface area contributed by atoms with E-state index in [2.05, 4.69) is 4.79 Å². The predicted octanol–water partition coefficient (Wildman–Crippen LogP) is 1.28. The molecule has 90 valence electrons. The molecule has 0 aliphatic rings. The van der Waals surface area contributed by atoms with E-state index in [-0.39, 0.29) is 12.3 Å². The van der Waals surface area contributed by atoms with Gasteiger partial charge in [0.1, 0.15) is 0 Å². The summed E-state index contributed by atoms with van der Waals surface area (Å²) in [5, 5.41) is 9.01. The third kappa shape index (κ3) is 4.23. The van der Waals surface area contributed by atoms with E-state index in [1.807, 2.05) is 0 Å². The van der Waals surface area contributed by atoms with E-state index < -0.39 is 17.6 Å². The lowest BCUT2D eigenvalue weighted by molar-refractivity contribution is -0.133. The van der Waals surface area contributed by atoms with Crippen LogP contribution in [0.4, 0.5) is 4.79 Å². The summed E-state index contributed by atoms with van der Waals surface area (Å²) in [6.07, 6.45) is -0.164. The van der Waals surface area contributed by atoms with Crippen molar-refractivity contribution in [2.24, 2.45) is 5.92 Å². The van der Waals surface area contributed by atoms with Gasteiger partial charge in [-0.1, -0.05) is 6.92 Å². The second-order valence-corrected chi connectivity index (χ2v) is 4.63. The number of hydrogen-bond acceptors (Lipinski definition) is 3. The van der Waals surface area contributed by atoms with Crippen LogP contribution >= 0.6 is 0 Å². The normalized spacial score (nSPS) is 12.5. The van der Waals surface area contributed by atoms with E-state index >= 15 is 0 Å². The first kappa shape index (κ1) is 14.3. The minimum Gasteiger partial charge on any atom is -0.465 e. The largest absolute Gasteiger partial charge is 0.465 e. The van der Waals surface area contributed by atoms with Crippen molar-refractivity contribution < 1.29 is 19.5 Å². The number of carbonyl (C=O) groups excluding carboxylic acids is 1. The quantitative estimate of drug-likeness (QED) is 0.431. The molecule has 6 nitrogen and oxygen atoms in total. The average molecular weight is 228 g/mol. The Morgan fingerprint density at radius 3 is 2.31 bits per heavy atom. The Morgan fingerprint density at radius 1 is 1.50 bits per heavy atom. The zero-order chi connectivity index (χ0) is 12.9. The smallest absolute Gasteiger partial charge is 0.407 e. The summed E-state index contributed by atoms with van der Waals surface area (Å²) in [5.74, 6) is -0.838. The highest BCUT2D eigenvalue weighted by Gasteiger charge is 2.30. The fraction of sp³-hybridized carbons (Fsp3) is 0.700. The Balaban J connectivity index is 4.72. The van der Waals surface area contributed by atoms with E-state index in [9.17, 15) is 9.59 Å². The Labute approximate surface area is 94.5 Å². The molecule has 2 N–H and O–H groups in total. The summed E-state index contributed by atoms with van der Waals surface area (Å²) in [5.41, 5.74) is 5.98. The topological polar surface area (TPSA) is 95.6 Å². The van der Waals surface area contributed by atoms with Crippen LogP contribution in [0, 0.1) is 11.4 Å². The molecule has 0 aromatic carbocycles. The van der Waals surface area contributed by atoms with Gasteiger partial charge in [-0.2, -0.15) is 0 Å². The molecule has 0 unspecified atom stereocenters. The van der Waals surface area contributed by atoms with E-state index in [0.29, 0.717) is 0 Å². The van der Waals surface area contributed by atoms with E-state index in [0.717, 1.165) is 6.21 Å². The third-order valence-electron chi connectivity index (χ3n) is 2.17. The van der Waals surface area contributed by atoms with Crippen LogP contribution in [-0.2, 0) is 4.79 Å². The summed E-state index contributed by atoms with van der Waals surface area (Å²) in [7, 11) is 0. The molecular formula is C10H18N3O3+. The zero-order valence-electron chi connectivity index (χ0n) is 10.0. The van der Waals surface area contributed by atoms with Gasteiger partial charge in [0.2, 0.25) is 5.78 Å². The third-order valence-corrected chi connectivity index (χ3v) is 2.17. The number of hydrogen-bond donors (Lipinski definition) is 2. The van der Waals surface area contributed by atoms with Gasteiger partial charge in [-0.3, -0.25) is 4.79 Å². The molecule has 0 radical (unpaired) electrons. The first-order valence-electron chi connectivity index (χ1n) is 4.94. The maximum absolute atomic E-state index is 11.3. The molecule has 0 rings (SSSR count). The number of carboxylic acid groups (broad SMARTS) is 1. The van der Waals surface area contributed by atoms with E-state index in [1.165, 1.54) is 4.90 Å². The summed E-state index contributed by atoms with van der Waals surface area (Å²) in [6, 6.07) is 0. The standard InChI is InChI=1S/C10H17N3O3/c1-7(8(14)5-12-11)6-13(9(15)16)10(2,3)4/h5,7,11H,6H2,1-4H3/p+1/t7-/m0/s1. The Bertz CT molecular complexity index is 327. The van der Waals surface area contributed by atoms with Crippen LogP contribution in [0.15, 0.2) is 0 Å². The molecule has 6 heteroatoms. The highest BCUT2D eigenvalue weighted by atomic mass is 16.4. The summed E-state index contributed by atoms with van der Waals surface area (Å²) < 4.78 is 0. The molecule has 0 saturated carbocycles. The maximum atomic E-state index is 11.3. The van der Waals surface area contributed by atoms with Gasteiger partial charge in [-0.15, -0.1) is 0 Å². The molecule has 0 aromatic rings. The van der Waals surface area contributed by atoms with Gasteiger partial charge in [0.25, 0.3) is 0 Å². The predicted molar refractivity (Wildman–Crippen MR) is 57.7 cm³/mol. The molecule has 0 aromatic heterocycles. The minimum atomic E-state index is -1.06. The van der Waals surface area contributed by atoms with Gasteiger partial charge in [0.05, 0.1) is 10.3 Å². The minimum absolute atomic E-state index is 0.101. The SMILES string of the molecule is C[C@@H](CN(C(=O)O)C(C)(C)C)C(=O)C=[N+]=N. The number of ketones is 1. The summed E-state index contributed by atoms with van der Waals surface area (Å²) in [6.45, 7) is 7.00. The summed E-state index contributed by atoms with van der Waals surface area (Å²) >= 11 is 0. The van der Waals surface area contributed by atoms with E-state index in [1.54, 1.807) is 27.7 Å². The number of rotatable bonds is 4. The molecule has 0 aliphatic heterocycles. The Kier molecular flexibility index (Phi) is 4.85. The Morgan fingerprint density at radius 2 is 2.00 bits per heavy atom. The molecule has 1 atom stereocenters. The molecule has 0 heterocycles. The highest BCUT2D eigenvalue weighted by molar-refractivity contribution is 6.26. The lowest BCUT2D eigenvalue weighted by atomic mass is 10.0. The zero-order valence-corrected chi connectivity index (χ0v) is 10.0. The maximum Gasteiger partial charge on any atom is 0.407 e. The van der Waals surface area contributed by atoms with Crippen LogP contribution in [0.25, 0.3) is 0 Å². The van der Waals surface area contributed by atoms with Gasteiger partial charge >= 0.3 is 12.3 Å². The van der Waals surface area contributed by atoms with Gasteiger partial charge in [-0.25, -0.2) is 4.79 Å². The highest BCUT2D eigenvalue weighted by Crippen LogP contribution is 2.15. The van der Waals surface area contributed by atoms with Crippen molar-refractivity contribution in [3.8, 4) is 0 Å². The van der Waals surface area contributed by atoms with Crippen molar-refractivity contribution >= 4 is 18.1 Å². The first-order valence-corrected chi connectivity index (χ1v) is 4.94.